The van der Waals surface area contributed by atoms with E-state index in [1.54, 1.807) is 17.5 Å². The minimum Gasteiger partial charge on any atom is -0.352 e. The highest BCUT2D eigenvalue weighted by Crippen LogP contribution is 2.32. The second kappa shape index (κ2) is 3.79. The molecule has 0 aliphatic carbocycles. The molecule has 1 N–H and O–H groups in total. The highest BCUT2D eigenvalue weighted by Gasteiger charge is 2.46. The number of nitrogens with zero attached hydrogens (tertiary/aromatic N) is 1. The van der Waals surface area contributed by atoms with Gasteiger partial charge in [0.1, 0.15) is 4.21 Å². The van der Waals surface area contributed by atoms with Crippen molar-refractivity contribution in [2.24, 2.45) is 0 Å². The Morgan fingerprint density at radius 2 is 2.29 bits per heavy atom. The number of carbonyl (C=O) groups is 1. The number of fused-ring (bicyclic) bond motifs is 1. The molecule has 0 radical (unpaired) electrons. The van der Waals surface area contributed by atoms with Gasteiger partial charge in [-0.3, -0.25) is 4.79 Å². The van der Waals surface area contributed by atoms with Crippen LogP contribution in [0.4, 0.5) is 0 Å². The van der Waals surface area contributed by atoms with Gasteiger partial charge in [0.25, 0.3) is 10.0 Å². The summed E-state index contributed by atoms with van der Waals surface area (Å²) in [5.41, 5.74) is 0. The molecule has 2 aliphatic rings. The topological polar surface area (TPSA) is 66.5 Å². The summed E-state index contributed by atoms with van der Waals surface area (Å²) < 4.78 is 26.5. The molecular formula is C10H12N2O3S2. The first-order valence-electron chi connectivity index (χ1n) is 5.44. The molecule has 2 unspecified atom stereocenters. The second-order valence-corrected chi connectivity index (χ2v) is 7.35. The Bertz CT molecular complexity index is 538. The number of carbonyl (C=O) groups excluding carboxylic acids is 1. The Labute approximate surface area is 103 Å². The zero-order valence-corrected chi connectivity index (χ0v) is 10.6. The molecule has 92 valence electrons. The van der Waals surface area contributed by atoms with Gasteiger partial charge in [0.15, 0.2) is 0 Å². The normalized spacial score (nSPS) is 29.3. The van der Waals surface area contributed by atoms with Crippen molar-refractivity contribution in [3.8, 4) is 0 Å². The van der Waals surface area contributed by atoms with Gasteiger partial charge in [0, 0.05) is 19.0 Å². The lowest BCUT2D eigenvalue weighted by Gasteiger charge is -2.20. The van der Waals surface area contributed by atoms with Crippen molar-refractivity contribution in [1.29, 1.82) is 0 Å². The van der Waals surface area contributed by atoms with E-state index >= 15 is 0 Å². The zero-order valence-electron chi connectivity index (χ0n) is 9.00. The van der Waals surface area contributed by atoms with Crippen molar-refractivity contribution >= 4 is 27.3 Å². The largest absolute Gasteiger partial charge is 0.352 e. The Balaban J connectivity index is 1.93. The van der Waals surface area contributed by atoms with Crippen molar-refractivity contribution in [1.82, 2.24) is 9.62 Å². The molecule has 0 bridgehead atoms. The van der Waals surface area contributed by atoms with Crippen LogP contribution < -0.4 is 5.32 Å². The van der Waals surface area contributed by atoms with E-state index in [-0.39, 0.29) is 24.4 Å². The van der Waals surface area contributed by atoms with Gasteiger partial charge in [-0.05, 0) is 17.9 Å². The smallest absolute Gasteiger partial charge is 0.252 e. The van der Waals surface area contributed by atoms with Crippen LogP contribution in [0.5, 0.6) is 0 Å². The molecule has 3 rings (SSSR count). The van der Waals surface area contributed by atoms with Gasteiger partial charge in [-0.15, -0.1) is 11.3 Å². The maximum Gasteiger partial charge on any atom is 0.252 e. The molecule has 5 nitrogen and oxygen atoms in total. The van der Waals surface area contributed by atoms with Crippen LogP contribution in [0.15, 0.2) is 21.7 Å². The summed E-state index contributed by atoms with van der Waals surface area (Å²) in [5, 5.41) is 4.57. The molecule has 2 fully saturated rings. The van der Waals surface area contributed by atoms with E-state index < -0.39 is 10.0 Å². The van der Waals surface area contributed by atoms with Gasteiger partial charge in [-0.2, -0.15) is 4.31 Å². The third-order valence-corrected chi connectivity index (χ3v) is 6.59. The molecule has 0 spiro atoms. The first-order valence-corrected chi connectivity index (χ1v) is 7.76. The average Bonchev–Trinajstić information content (AvgIpc) is 2.89. The molecule has 7 heteroatoms. The fourth-order valence-electron chi connectivity index (χ4n) is 2.52. The van der Waals surface area contributed by atoms with Crippen LogP contribution in [0.2, 0.25) is 0 Å². The SMILES string of the molecule is O=C1CC2C(CCN2S(=O)(=O)c2cccs2)N1. The lowest BCUT2D eigenvalue weighted by Crippen LogP contribution is -2.38. The lowest BCUT2D eigenvalue weighted by molar-refractivity contribution is -0.119. The van der Waals surface area contributed by atoms with Gasteiger partial charge in [-0.1, -0.05) is 6.07 Å². The summed E-state index contributed by atoms with van der Waals surface area (Å²) in [6.07, 6.45) is 0.996. The van der Waals surface area contributed by atoms with Gasteiger partial charge in [0.05, 0.1) is 6.04 Å². The minimum absolute atomic E-state index is 0.00256. The molecule has 1 aromatic heterocycles. The van der Waals surface area contributed by atoms with Crippen molar-refractivity contribution in [2.45, 2.75) is 29.1 Å². The lowest BCUT2D eigenvalue weighted by atomic mass is 10.1. The van der Waals surface area contributed by atoms with E-state index in [0.717, 1.165) is 0 Å². The second-order valence-electron chi connectivity index (χ2n) is 4.28. The Kier molecular flexibility index (Phi) is 2.49. The highest BCUT2D eigenvalue weighted by molar-refractivity contribution is 7.91. The zero-order chi connectivity index (χ0) is 12.0. The summed E-state index contributed by atoms with van der Waals surface area (Å²) in [7, 11) is -3.41. The summed E-state index contributed by atoms with van der Waals surface area (Å²) in [5.74, 6) is -0.0499. The van der Waals surface area contributed by atoms with Gasteiger partial charge in [0.2, 0.25) is 5.91 Å². The van der Waals surface area contributed by atoms with Crippen molar-refractivity contribution in [3.63, 3.8) is 0 Å². The molecule has 2 aliphatic heterocycles. The number of sulfonamides is 1. The number of amides is 1. The maximum atomic E-state index is 12.3. The van der Waals surface area contributed by atoms with E-state index in [0.29, 0.717) is 17.2 Å². The fourth-order valence-corrected chi connectivity index (χ4v) is 5.31. The van der Waals surface area contributed by atoms with Gasteiger partial charge >= 0.3 is 0 Å². The van der Waals surface area contributed by atoms with Crippen molar-refractivity contribution in [3.05, 3.63) is 17.5 Å². The summed E-state index contributed by atoms with van der Waals surface area (Å²) in [4.78, 5) is 11.3. The number of rotatable bonds is 2. The van der Waals surface area contributed by atoms with Crippen LogP contribution in [0.25, 0.3) is 0 Å². The van der Waals surface area contributed by atoms with E-state index in [1.165, 1.54) is 15.6 Å². The third-order valence-electron chi connectivity index (χ3n) is 3.29. The molecule has 2 atom stereocenters. The van der Waals surface area contributed by atoms with Gasteiger partial charge in [-0.25, -0.2) is 8.42 Å². The predicted molar refractivity (Wildman–Crippen MR) is 63.2 cm³/mol. The quantitative estimate of drug-likeness (QED) is 0.847. The monoisotopic (exact) mass is 272 g/mol. The number of nitrogens with one attached hydrogen (secondary N) is 1. The maximum absolute atomic E-state index is 12.3. The average molecular weight is 272 g/mol. The minimum atomic E-state index is -3.41. The molecule has 17 heavy (non-hydrogen) atoms. The Morgan fingerprint density at radius 3 is 3.00 bits per heavy atom. The molecule has 0 aromatic carbocycles. The number of hydrogen-bond donors (Lipinski definition) is 1. The molecule has 3 heterocycles. The van der Waals surface area contributed by atoms with Crippen LogP contribution in [-0.4, -0.2) is 37.3 Å². The summed E-state index contributed by atoms with van der Waals surface area (Å²) in [6.45, 7) is 0.496. The number of thiophene rings is 1. The highest BCUT2D eigenvalue weighted by atomic mass is 32.2. The first-order chi connectivity index (χ1) is 8.09. The van der Waals surface area contributed by atoms with E-state index in [4.69, 9.17) is 0 Å². The first kappa shape index (κ1) is 11.2. The van der Waals surface area contributed by atoms with E-state index in [1.807, 2.05) is 0 Å². The Morgan fingerprint density at radius 1 is 1.47 bits per heavy atom. The Hall–Kier alpha value is -0.920. The van der Waals surface area contributed by atoms with Crippen LogP contribution in [0.3, 0.4) is 0 Å². The third kappa shape index (κ3) is 1.69. The van der Waals surface area contributed by atoms with Crippen LogP contribution in [-0.2, 0) is 14.8 Å². The molecule has 0 saturated carbocycles. The fraction of sp³-hybridized carbons (Fsp3) is 0.500. The van der Waals surface area contributed by atoms with Crippen LogP contribution in [0.1, 0.15) is 12.8 Å². The summed E-state index contributed by atoms with van der Waals surface area (Å²) in [6, 6.07) is 3.13. The van der Waals surface area contributed by atoms with Crippen molar-refractivity contribution < 1.29 is 13.2 Å². The summed E-state index contributed by atoms with van der Waals surface area (Å²) >= 11 is 1.22. The predicted octanol–water partition coefficient (Wildman–Crippen LogP) is 0.400. The molecule has 1 aromatic rings. The molecule has 1 amide bonds. The van der Waals surface area contributed by atoms with E-state index in [2.05, 4.69) is 5.32 Å². The molecular weight excluding hydrogens is 260 g/mol. The van der Waals surface area contributed by atoms with Crippen molar-refractivity contribution in [2.75, 3.05) is 6.54 Å². The van der Waals surface area contributed by atoms with Crippen LogP contribution >= 0.6 is 11.3 Å². The number of hydrogen-bond acceptors (Lipinski definition) is 4. The molecule has 2 saturated heterocycles. The van der Waals surface area contributed by atoms with Crippen LogP contribution in [0, 0.1) is 0 Å². The standard InChI is InChI=1S/C10H12N2O3S2/c13-9-6-8-7(11-9)3-4-12(8)17(14,15)10-2-1-5-16-10/h1-2,5,7-8H,3-4,6H2,(H,11,13). The van der Waals surface area contributed by atoms with E-state index in [9.17, 15) is 13.2 Å². The van der Waals surface area contributed by atoms with Gasteiger partial charge < -0.3 is 5.32 Å².